The second-order valence-corrected chi connectivity index (χ2v) is 5.83. The largest absolute Gasteiger partial charge is 0.352 e. The van der Waals surface area contributed by atoms with Gasteiger partial charge in [0.15, 0.2) is 0 Å². The SMILES string of the molecule is Cl.NCC(NC(=O)C1C2CCCCC21)C1CC1. The van der Waals surface area contributed by atoms with E-state index in [1.54, 1.807) is 0 Å². The van der Waals surface area contributed by atoms with E-state index in [0.717, 1.165) is 0 Å². The Balaban J connectivity index is 0.00000108. The second kappa shape index (κ2) is 5.15. The van der Waals surface area contributed by atoms with Crippen molar-refractivity contribution < 1.29 is 4.79 Å². The minimum Gasteiger partial charge on any atom is -0.352 e. The van der Waals surface area contributed by atoms with Crippen LogP contribution >= 0.6 is 12.4 Å². The Kier molecular flexibility index (Phi) is 3.99. The number of hydrogen-bond acceptors (Lipinski definition) is 2. The minimum absolute atomic E-state index is 0. The molecular formula is C13H23ClN2O. The molecule has 0 bridgehead atoms. The summed E-state index contributed by atoms with van der Waals surface area (Å²) in [4.78, 5) is 12.1. The van der Waals surface area contributed by atoms with Gasteiger partial charge in [-0.1, -0.05) is 12.8 Å². The van der Waals surface area contributed by atoms with Crippen LogP contribution in [0.3, 0.4) is 0 Å². The van der Waals surface area contributed by atoms with Crippen LogP contribution in [0.25, 0.3) is 0 Å². The van der Waals surface area contributed by atoms with Crippen molar-refractivity contribution in [2.45, 2.75) is 44.6 Å². The van der Waals surface area contributed by atoms with Crippen LogP contribution in [0, 0.1) is 23.7 Å². The van der Waals surface area contributed by atoms with Gasteiger partial charge >= 0.3 is 0 Å². The fourth-order valence-corrected chi connectivity index (χ4v) is 3.53. The zero-order chi connectivity index (χ0) is 11.1. The molecule has 0 aromatic carbocycles. The third-order valence-corrected chi connectivity index (χ3v) is 4.73. The standard InChI is InChI=1S/C13H22N2O.ClH/c14-7-11(8-5-6-8)15-13(16)12-9-3-1-2-4-10(9)12;/h8-12H,1-7,14H2,(H,15,16);1H. The van der Waals surface area contributed by atoms with Crippen molar-refractivity contribution in [3.8, 4) is 0 Å². The van der Waals surface area contributed by atoms with Gasteiger partial charge in [0.1, 0.15) is 0 Å². The lowest BCUT2D eigenvalue weighted by Gasteiger charge is -2.15. The molecule has 3 unspecified atom stereocenters. The van der Waals surface area contributed by atoms with Crippen LogP contribution in [-0.2, 0) is 4.79 Å². The first kappa shape index (κ1) is 13.2. The molecule has 3 rings (SSSR count). The first-order chi connectivity index (χ1) is 7.81. The van der Waals surface area contributed by atoms with Gasteiger partial charge in [0, 0.05) is 18.5 Å². The molecule has 3 fully saturated rings. The van der Waals surface area contributed by atoms with Gasteiger partial charge in [0.2, 0.25) is 5.91 Å². The fourth-order valence-electron chi connectivity index (χ4n) is 3.53. The molecule has 4 heteroatoms. The van der Waals surface area contributed by atoms with Crippen molar-refractivity contribution in [3.63, 3.8) is 0 Å². The Morgan fingerprint density at radius 1 is 1.18 bits per heavy atom. The molecule has 3 N–H and O–H groups in total. The van der Waals surface area contributed by atoms with Crippen LogP contribution in [-0.4, -0.2) is 18.5 Å². The van der Waals surface area contributed by atoms with E-state index in [2.05, 4.69) is 5.32 Å². The number of amides is 1. The summed E-state index contributed by atoms with van der Waals surface area (Å²) in [5.74, 6) is 2.75. The lowest BCUT2D eigenvalue weighted by atomic mass is 10.0. The van der Waals surface area contributed by atoms with Crippen molar-refractivity contribution in [2.75, 3.05) is 6.54 Å². The summed E-state index contributed by atoms with van der Waals surface area (Å²) >= 11 is 0. The van der Waals surface area contributed by atoms with Crippen molar-refractivity contribution in [1.82, 2.24) is 5.32 Å². The highest BCUT2D eigenvalue weighted by atomic mass is 35.5. The number of hydrogen-bond donors (Lipinski definition) is 2. The van der Waals surface area contributed by atoms with Crippen LogP contribution in [0.4, 0.5) is 0 Å². The maximum Gasteiger partial charge on any atom is 0.223 e. The fraction of sp³-hybridized carbons (Fsp3) is 0.923. The molecule has 0 aromatic heterocycles. The third-order valence-electron chi connectivity index (χ3n) is 4.73. The van der Waals surface area contributed by atoms with Crippen molar-refractivity contribution in [2.24, 2.45) is 29.4 Å². The maximum absolute atomic E-state index is 12.1. The molecule has 3 atom stereocenters. The van der Waals surface area contributed by atoms with Gasteiger partial charge in [-0.05, 0) is 43.4 Å². The van der Waals surface area contributed by atoms with Crippen LogP contribution in [0.15, 0.2) is 0 Å². The number of halogens is 1. The quantitative estimate of drug-likeness (QED) is 0.807. The molecule has 3 nitrogen and oxygen atoms in total. The summed E-state index contributed by atoms with van der Waals surface area (Å²) < 4.78 is 0. The number of nitrogens with one attached hydrogen (secondary N) is 1. The lowest BCUT2D eigenvalue weighted by Crippen LogP contribution is -2.42. The molecular weight excluding hydrogens is 236 g/mol. The number of carbonyl (C=O) groups excluding carboxylic acids is 1. The summed E-state index contributed by atoms with van der Waals surface area (Å²) in [6.07, 6.45) is 7.71. The van der Waals surface area contributed by atoms with Crippen LogP contribution in [0.5, 0.6) is 0 Å². The smallest absolute Gasteiger partial charge is 0.223 e. The molecule has 3 aliphatic carbocycles. The summed E-state index contributed by atoms with van der Waals surface area (Å²) in [5, 5.41) is 3.18. The Morgan fingerprint density at radius 3 is 2.24 bits per heavy atom. The molecule has 0 heterocycles. The highest BCUT2D eigenvalue weighted by Gasteiger charge is 2.55. The van der Waals surface area contributed by atoms with E-state index in [0.29, 0.717) is 36.1 Å². The van der Waals surface area contributed by atoms with Gasteiger partial charge in [-0.25, -0.2) is 0 Å². The van der Waals surface area contributed by atoms with Crippen LogP contribution in [0.1, 0.15) is 38.5 Å². The normalized spacial score (nSPS) is 36.4. The number of nitrogens with two attached hydrogens (primary N) is 1. The van der Waals surface area contributed by atoms with Gasteiger partial charge < -0.3 is 11.1 Å². The number of rotatable bonds is 4. The average Bonchev–Trinajstić information content (AvgIpc) is 3.16. The highest BCUT2D eigenvalue weighted by Crippen LogP contribution is 2.55. The van der Waals surface area contributed by atoms with Gasteiger partial charge in [-0.3, -0.25) is 4.79 Å². The van der Waals surface area contributed by atoms with E-state index in [1.165, 1.54) is 38.5 Å². The average molecular weight is 259 g/mol. The van der Waals surface area contributed by atoms with Gasteiger partial charge in [0.05, 0.1) is 0 Å². The first-order valence-electron chi connectivity index (χ1n) is 6.81. The maximum atomic E-state index is 12.1. The zero-order valence-electron chi connectivity index (χ0n) is 10.2. The Bertz CT molecular complexity index is 281. The second-order valence-electron chi connectivity index (χ2n) is 5.83. The molecule has 98 valence electrons. The van der Waals surface area contributed by atoms with Crippen molar-refractivity contribution in [3.05, 3.63) is 0 Å². The molecule has 0 spiro atoms. The van der Waals surface area contributed by atoms with E-state index in [9.17, 15) is 4.79 Å². The summed E-state index contributed by atoms with van der Waals surface area (Å²) in [7, 11) is 0. The molecule has 0 aromatic rings. The summed E-state index contributed by atoms with van der Waals surface area (Å²) in [5.41, 5.74) is 5.71. The topological polar surface area (TPSA) is 55.1 Å². The van der Waals surface area contributed by atoms with E-state index in [4.69, 9.17) is 5.73 Å². The molecule has 17 heavy (non-hydrogen) atoms. The lowest BCUT2D eigenvalue weighted by molar-refractivity contribution is -0.123. The Labute approximate surface area is 109 Å². The van der Waals surface area contributed by atoms with E-state index in [1.807, 2.05) is 0 Å². The molecule has 3 saturated carbocycles. The number of fused-ring (bicyclic) bond motifs is 1. The molecule has 1 amide bonds. The van der Waals surface area contributed by atoms with Gasteiger partial charge in [0.25, 0.3) is 0 Å². The molecule has 0 aliphatic heterocycles. The Morgan fingerprint density at radius 2 is 1.76 bits per heavy atom. The molecule has 3 aliphatic rings. The number of carbonyl (C=O) groups is 1. The van der Waals surface area contributed by atoms with Crippen molar-refractivity contribution >= 4 is 18.3 Å². The van der Waals surface area contributed by atoms with Crippen LogP contribution < -0.4 is 11.1 Å². The predicted molar refractivity (Wildman–Crippen MR) is 69.9 cm³/mol. The van der Waals surface area contributed by atoms with E-state index < -0.39 is 0 Å². The molecule has 0 radical (unpaired) electrons. The monoisotopic (exact) mass is 258 g/mol. The summed E-state index contributed by atoms with van der Waals surface area (Å²) in [6, 6.07) is 0.259. The highest BCUT2D eigenvalue weighted by molar-refractivity contribution is 5.85. The third kappa shape index (κ3) is 2.60. The van der Waals surface area contributed by atoms with E-state index in [-0.39, 0.29) is 18.4 Å². The van der Waals surface area contributed by atoms with Gasteiger partial charge in [-0.2, -0.15) is 0 Å². The summed E-state index contributed by atoms with van der Waals surface area (Å²) in [6.45, 7) is 0.610. The first-order valence-corrected chi connectivity index (χ1v) is 6.81. The van der Waals surface area contributed by atoms with Crippen molar-refractivity contribution in [1.29, 1.82) is 0 Å². The van der Waals surface area contributed by atoms with E-state index >= 15 is 0 Å². The minimum atomic E-state index is 0. The Hall–Kier alpha value is -0.280. The zero-order valence-corrected chi connectivity index (χ0v) is 11.0. The predicted octanol–water partition coefficient (Wildman–Crippen LogP) is 1.70. The van der Waals surface area contributed by atoms with Gasteiger partial charge in [-0.15, -0.1) is 12.4 Å². The molecule has 0 saturated heterocycles. The van der Waals surface area contributed by atoms with Crippen LogP contribution in [0.2, 0.25) is 0 Å².